The summed E-state index contributed by atoms with van der Waals surface area (Å²) in [4.78, 5) is 0. The summed E-state index contributed by atoms with van der Waals surface area (Å²) in [5, 5.41) is 4.19. The molecule has 2 atom stereocenters. The maximum Gasteiger partial charge on any atom is 0.0492 e. The molecule has 0 unspecified atom stereocenters. The zero-order valence-corrected chi connectivity index (χ0v) is 8.11. The molecule has 2 N–H and O–H groups in total. The molecule has 1 aliphatic carbocycles. The second kappa shape index (κ2) is 3.50. The average Bonchev–Trinajstić information content (AvgIpc) is 2.52. The topological polar surface area (TPSA) is 43.8 Å². The van der Waals surface area contributed by atoms with Crippen molar-refractivity contribution in [3.05, 3.63) is 18.0 Å². The minimum atomic E-state index is 0.337. The lowest BCUT2D eigenvalue weighted by Gasteiger charge is -2.28. The van der Waals surface area contributed by atoms with Crippen LogP contribution in [0.25, 0.3) is 0 Å². The van der Waals surface area contributed by atoms with E-state index in [0.29, 0.717) is 12.0 Å². The van der Waals surface area contributed by atoms with Crippen molar-refractivity contribution in [2.45, 2.75) is 37.6 Å². The number of aryl methyl sites for hydroxylation is 1. The summed E-state index contributed by atoms with van der Waals surface area (Å²) < 4.78 is 1.95. The molecule has 1 aromatic heterocycles. The fourth-order valence-electron chi connectivity index (χ4n) is 2.27. The van der Waals surface area contributed by atoms with Gasteiger partial charge < -0.3 is 5.73 Å². The van der Waals surface area contributed by atoms with Crippen LogP contribution >= 0.6 is 0 Å². The molecule has 13 heavy (non-hydrogen) atoms. The summed E-state index contributed by atoms with van der Waals surface area (Å²) in [6, 6.07) is 2.43. The lowest BCUT2D eigenvalue weighted by molar-refractivity contribution is 0.370. The van der Waals surface area contributed by atoms with E-state index in [1.807, 2.05) is 17.9 Å². The summed E-state index contributed by atoms with van der Waals surface area (Å²) in [6.07, 6.45) is 6.84. The van der Waals surface area contributed by atoms with E-state index in [9.17, 15) is 0 Å². The molecule has 1 aromatic rings. The molecule has 0 radical (unpaired) electrons. The van der Waals surface area contributed by atoms with Gasteiger partial charge in [0, 0.05) is 30.9 Å². The van der Waals surface area contributed by atoms with E-state index in [-0.39, 0.29) is 0 Å². The highest BCUT2D eigenvalue weighted by atomic mass is 15.3. The van der Waals surface area contributed by atoms with E-state index < -0.39 is 0 Å². The standard InChI is InChI=1S/C10H17N3/c1-13-10(6-7-12-13)8-4-2-3-5-9(8)11/h6-9H,2-5,11H2,1H3/t8-,9-/m0/s1. The summed E-state index contributed by atoms with van der Waals surface area (Å²) in [6.45, 7) is 0. The van der Waals surface area contributed by atoms with E-state index in [2.05, 4.69) is 11.2 Å². The molecule has 1 heterocycles. The lowest BCUT2D eigenvalue weighted by atomic mass is 9.83. The Labute approximate surface area is 78.9 Å². The summed E-state index contributed by atoms with van der Waals surface area (Å²) in [5.74, 6) is 0.529. The molecule has 3 heteroatoms. The molecule has 0 aromatic carbocycles. The van der Waals surface area contributed by atoms with Crippen molar-refractivity contribution in [3.8, 4) is 0 Å². The lowest BCUT2D eigenvalue weighted by Crippen LogP contribution is -2.32. The normalized spacial score (nSPS) is 29.1. The Hall–Kier alpha value is -0.830. The van der Waals surface area contributed by atoms with Crippen molar-refractivity contribution in [2.75, 3.05) is 0 Å². The molecular formula is C10H17N3. The Balaban J connectivity index is 2.19. The van der Waals surface area contributed by atoms with Crippen LogP contribution in [-0.4, -0.2) is 15.8 Å². The van der Waals surface area contributed by atoms with Gasteiger partial charge in [0.25, 0.3) is 0 Å². The molecule has 0 bridgehead atoms. The van der Waals surface area contributed by atoms with Gasteiger partial charge in [-0.3, -0.25) is 4.68 Å². The minimum Gasteiger partial charge on any atom is -0.327 e. The van der Waals surface area contributed by atoms with Crippen LogP contribution in [0.15, 0.2) is 12.3 Å². The van der Waals surface area contributed by atoms with E-state index in [4.69, 9.17) is 5.73 Å². The minimum absolute atomic E-state index is 0.337. The van der Waals surface area contributed by atoms with Gasteiger partial charge in [-0.15, -0.1) is 0 Å². The van der Waals surface area contributed by atoms with Crippen molar-refractivity contribution in [1.82, 2.24) is 9.78 Å². The molecule has 1 aliphatic rings. The van der Waals surface area contributed by atoms with Gasteiger partial charge in [0.15, 0.2) is 0 Å². The fourth-order valence-corrected chi connectivity index (χ4v) is 2.27. The maximum atomic E-state index is 6.10. The highest BCUT2D eigenvalue weighted by molar-refractivity contribution is 5.11. The Bertz CT molecular complexity index is 279. The molecule has 1 fully saturated rings. The number of rotatable bonds is 1. The van der Waals surface area contributed by atoms with Crippen molar-refractivity contribution < 1.29 is 0 Å². The van der Waals surface area contributed by atoms with E-state index in [1.165, 1.54) is 25.0 Å². The Morgan fingerprint density at radius 1 is 1.46 bits per heavy atom. The molecule has 0 amide bonds. The largest absolute Gasteiger partial charge is 0.327 e. The van der Waals surface area contributed by atoms with Gasteiger partial charge in [0.1, 0.15) is 0 Å². The van der Waals surface area contributed by atoms with Crippen molar-refractivity contribution in [1.29, 1.82) is 0 Å². The Morgan fingerprint density at radius 2 is 2.23 bits per heavy atom. The van der Waals surface area contributed by atoms with Crippen LogP contribution in [-0.2, 0) is 7.05 Å². The predicted molar refractivity (Wildman–Crippen MR) is 52.4 cm³/mol. The average molecular weight is 179 g/mol. The fraction of sp³-hybridized carbons (Fsp3) is 0.700. The summed E-state index contributed by atoms with van der Waals surface area (Å²) in [7, 11) is 2.00. The van der Waals surface area contributed by atoms with E-state index >= 15 is 0 Å². The number of hydrogen-bond donors (Lipinski definition) is 1. The Kier molecular flexibility index (Phi) is 2.36. The first-order valence-corrected chi connectivity index (χ1v) is 5.02. The molecule has 0 saturated heterocycles. The molecule has 72 valence electrons. The number of aromatic nitrogens is 2. The van der Waals surface area contributed by atoms with Gasteiger partial charge in [-0.05, 0) is 18.9 Å². The second-order valence-electron chi connectivity index (χ2n) is 3.93. The first-order chi connectivity index (χ1) is 6.29. The zero-order chi connectivity index (χ0) is 9.26. The second-order valence-corrected chi connectivity index (χ2v) is 3.93. The third-order valence-electron chi connectivity index (χ3n) is 3.06. The monoisotopic (exact) mass is 179 g/mol. The van der Waals surface area contributed by atoms with E-state index in [0.717, 1.165) is 6.42 Å². The van der Waals surface area contributed by atoms with E-state index in [1.54, 1.807) is 0 Å². The summed E-state index contributed by atoms with van der Waals surface area (Å²) >= 11 is 0. The molecule has 3 nitrogen and oxygen atoms in total. The molecular weight excluding hydrogens is 162 g/mol. The van der Waals surface area contributed by atoms with Gasteiger partial charge in [0.05, 0.1) is 0 Å². The predicted octanol–water partition coefficient (Wildman–Crippen LogP) is 1.41. The first-order valence-electron chi connectivity index (χ1n) is 5.02. The molecule has 0 spiro atoms. The highest BCUT2D eigenvalue weighted by Gasteiger charge is 2.25. The van der Waals surface area contributed by atoms with Crippen molar-refractivity contribution in [2.24, 2.45) is 12.8 Å². The number of nitrogens with two attached hydrogens (primary N) is 1. The van der Waals surface area contributed by atoms with Gasteiger partial charge in [0.2, 0.25) is 0 Å². The maximum absolute atomic E-state index is 6.10. The quantitative estimate of drug-likeness (QED) is 0.708. The molecule has 0 aliphatic heterocycles. The van der Waals surface area contributed by atoms with Crippen LogP contribution in [0.5, 0.6) is 0 Å². The number of hydrogen-bond acceptors (Lipinski definition) is 2. The summed E-state index contributed by atoms with van der Waals surface area (Å²) in [5.41, 5.74) is 7.40. The molecule has 2 rings (SSSR count). The van der Waals surface area contributed by atoms with Gasteiger partial charge >= 0.3 is 0 Å². The third-order valence-corrected chi connectivity index (χ3v) is 3.06. The SMILES string of the molecule is Cn1nccc1[C@H]1CCCC[C@@H]1N. The zero-order valence-electron chi connectivity index (χ0n) is 8.11. The van der Waals surface area contributed by atoms with Crippen LogP contribution in [0.3, 0.4) is 0 Å². The van der Waals surface area contributed by atoms with Gasteiger partial charge in [-0.1, -0.05) is 12.8 Å². The van der Waals surface area contributed by atoms with Crippen LogP contribution in [0.4, 0.5) is 0 Å². The highest BCUT2D eigenvalue weighted by Crippen LogP contribution is 2.31. The van der Waals surface area contributed by atoms with Crippen molar-refractivity contribution in [3.63, 3.8) is 0 Å². The third kappa shape index (κ3) is 1.61. The Morgan fingerprint density at radius 3 is 2.85 bits per heavy atom. The van der Waals surface area contributed by atoms with Gasteiger partial charge in [-0.25, -0.2) is 0 Å². The van der Waals surface area contributed by atoms with Gasteiger partial charge in [-0.2, -0.15) is 5.10 Å². The van der Waals surface area contributed by atoms with Crippen LogP contribution in [0, 0.1) is 0 Å². The van der Waals surface area contributed by atoms with Crippen molar-refractivity contribution >= 4 is 0 Å². The molecule has 1 saturated carbocycles. The smallest absolute Gasteiger partial charge is 0.0492 e. The van der Waals surface area contributed by atoms with Crippen LogP contribution < -0.4 is 5.73 Å². The van der Waals surface area contributed by atoms with Crippen LogP contribution in [0.2, 0.25) is 0 Å². The van der Waals surface area contributed by atoms with Crippen LogP contribution in [0.1, 0.15) is 37.3 Å². The first kappa shape index (κ1) is 8.75. The number of nitrogens with zero attached hydrogens (tertiary/aromatic N) is 2.